The van der Waals surface area contributed by atoms with Crippen molar-refractivity contribution in [2.45, 2.75) is 32.0 Å². The molecule has 6 heteroatoms. The van der Waals surface area contributed by atoms with Crippen LogP contribution in [0.4, 0.5) is 0 Å². The van der Waals surface area contributed by atoms with Crippen LogP contribution in [0.1, 0.15) is 35.6 Å². The predicted octanol–water partition coefficient (Wildman–Crippen LogP) is 1.74. The molecule has 1 aromatic heterocycles. The molecule has 1 fully saturated rings. The van der Waals surface area contributed by atoms with Crippen LogP contribution in [0.3, 0.4) is 0 Å². The highest BCUT2D eigenvalue weighted by Crippen LogP contribution is 2.12. The smallest absolute Gasteiger partial charge is 0.286 e. The second-order valence-corrected chi connectivity index (χ2v) is 5.02. The van der Waals surface area contributed by atoms with Crippen LogP contribution in [0.15, 0.2) is 16.5 Å². The lowest BCUT2D eigenvalue weighted by Crippen LogP contribution is -2.25. The van der Waals surface area contributed by atoms with E-state index in [1.165, 1.54) is 0 Å². The number of furan rings is 1. The van der Waals surface area contributed by atoms with Crippen molar-refractivity contribution in [1.29, 1.82) is 0 Å². The Labute approximate surface area is 124 Å². The van der Waals surface area contributed by atoms with Crippen molar-refractivity contribution in [2.24, 2.45) is 0 Å². The van der Waals surface area contributed by atoms with Gasteiger partial charge in [-0.05, 0) is 31.4 Å². The molecule has 1 amide bonds. The van der Waals surface area contributed by atoms with E-state index in [1.54, 1.807) is 19.2 Å². The summed E-state index contributed by atoms with van der Waals surface area (Å²) in [5, 5.41) is 2.80. The Kier molecular flexibility index (Phi) is 6.72. The van der Waals surface area contributed by atoms with Gasteiger partial charge in [0.25, 0.3) is 5.91 Å². The summed E-state index contributed by atoms with van der Waals surface area (Å²) < 4.78 is 21.3. The molecule has 1 atom stereocenters. The van der Waals surface area contributed by atoms with E-state index in [4.69, 9.17) is 18.6 Å². The Morgan fingerprint density at radius 1 is 1.48 bits per heavy atom. The molecular formula is C15H23NO5. The van der Waals surface area contributed by atoms with E-state index < -0.39 is 0 Å². The quantitative estimate of drug-likeness (QED) is 0.703. The van der Waals surface area contributed by atoms with Crippen molar-refractivity contribution in [3.05, 3.63) is 23.7 Å². The van der Waals surface area contributed by atoms with Gasteiger partial charge in [-0.15, -0.1) is 0 Å². The molecule has 0 spiro atoms. The maximum atomic E-state index is 11.8. The lowest BCUT2D eigenvalue weighted by molar-refractivity contribution is 0.0166. The number of carbonyl (C=O) groups is 1. The van der Waals surface area contributed by atoms with Gasteiger partial charge in [-0.1, -0.05) is 0 Å². The SMILES string of the molecule is COCc1ccc(C(=O)NCCCOCC2CCCO2)o1. The van der Waals surface area contributed by atoms with E-state index >= 15 is 0 Å². The molecule has 1 saturated heterocycles. The third-order valence-electron chi connectivity index (χ3n) is 3.25. The Bertz CT molecular complexity index is 425. The van der Waals surface area contributed by atoms with Gasteiger partial charge in [0.1, 0.15) is 12.4 Å². The zero-order valence-corrected chi connectivity index (χ0v) is 12.4. The fourth-order valence-corrected chi connectivity index (χ4v) is 2.17. The zero-order valence-electron chi connectivity index (χ0n) is 12.4. The van der Waals surface area contributed by atoms with E-state index in [1.807, 2.05) is 0 Å². The number of hydrogen-bond donors (Lipinski definition) is 1. The van der Waals surface area contributed by atoms with Crippen LogP contribution in [0.25, 0.3) is 0 Å². The highest BCUT2D eigenvalue weighted by atomic mass is 16.5. The molecular weight excluding hydrogens is 274 g/mol. The first-order valence-electron chi connectivity index (χ1n) is 7.35. The second kappa shape index (κ2) is 8.81. The van der Waals surface area contributed by atoms with Crippen LogP contribution in [0.2, 0.25) is 0 Å². The van der Waals surface area contributed by atoms with Crippen molar-refractivity contribution < 1.29 is 23.4 Å². The summed E-state index contributed by atoms with van der Waals surface area (Å²) >= 11 is 0. The lowest BCUT2D eigenvalue weighted by Gasteiger charge is -2.10. The molecule has 118 valence electrons. The summed E-state index contributed by atoms with van der Waals surface area (Å²) in [6, 6.07) is 3.39. The Morgan fingerprint density at radius 2 is 2.38 bits per heavy atom. The van der Waals surface area contributed by atoms with Gasteiger partial charge >= 0.3 is 0 Å². The molecule has 1 N–H and O–H groups in total. The molecule has 0 saturated carbocycles. The molecule has 0 aromatic carbocycles. The van der Waals surface area contributed by atoms with Gasteiger partial charge < -0.3 is 23.9 Å². The van der Waals surface area contributed by atoms with Crippen LogP contribution in [-0.2, 0) is 20.8 Å². The Hall–Kier alpha value is -1.37. The van der Waals surface area contributed by atoms with Crippen molar-refractivity contribution in [1.82, 2.24) is 5.32 Å². The number of nitrogens with one attached hydrogen (secondary N) is 1. The molecule has 2 rings (SSSR count). The van der Waals surface area contributed by atoms with E-state index in [-0.39, 0.29) is 12.0 Å². The van der Waals surface area contributed by atoms with Gasteiger partial charge in [0, 0.05) is 26.9 Å². The third-order valence-corrected chi connectivity index (χ3v) is 3.25. The number of amides is 1. The van der Waals surface area contributed by atoms with Gasteiger partial charge in [-0.25, -0.2) is 0 Å². The Morgan fingerprint density at radius 3 is 3.14 bits per heavy atom. The summed E-state index contributed by atoms with van der Waals surface area (Å²) in [5.74, 6) is 0.737. The fourth-order valence-electron chi connectivity index (χ4n) is 2.17. The number of carbonyl (C=O) groups excluding carboxylic acids is 1. The molecule has 2 heterocycles. The van der Waals surface area contributed by atoms with Crippen LogP contribution >= 0.6 is 0 Å². The van der Waals surface area contributed by atoms with Crippen LogP contribution in [-0.4, -0.2) is 45.5 Å². The van der Waals surface area contributed by atoms with E-state index in [0.29, 0.717) is 37.9 Å². The first-order valence-corrected chi connectivity index (χ1v) is 7.35. The van der Waals surface area contributed by atoms with Crippen LogP contribution in [0.5, 0.6) is 0 Å². The molecule has 21 heavy (non-hydrogen) atoms. The molecule has 0 aliphatic carbocycles. The molecule has 1 unspecified atom stereocenters. The summed E-state index contributed by atoms with van der Waals surface area (Å²) in [6.45, 7) is 3.03. The van der Waals surface area contributed by atoms with Crippen LogP contribution < -0.4 is 5.32 Å². The summed E-state index contributed by atoms with van der Waals surface area (Å²) in [7, 11) is 1.58. The minimum absolute atomic E-state index is 0.212. The zero-order chi connectivity index (χ0) is 14.9. The molecule has 1 aliphatic rings. The van der Waals surface area contributed by atoms with E-state index in [9.17, 15) is 4.79 Å². The second-order valence-electron chi connectivity index (χ2n) is 5.02. The number of methoxy groups -OCH3 is 1. The average molecular weight is 297 g/mol. The van der Waals surface area contributed by atoms with Crippen molar-refractivity contribution in [2.75, 3.05) is 33.5 Å². The standard InChI is InChI=1S/C15H23NO5/c1-18-10-13-5-6-14(21-13)15(17)16-7-3-8-19-11-12-4-2-9-20-12/h5-6,12H,2-4,7-11H2,1H3,(H,16,17). The number of hydrogen-bond acceptors (Lipinski definition) is 5. The first kappa shape index (κ1) is 16.0. The van der Waals surface area contributed by atoms with Gasteiger partial charge in [0.2, 0.25) is 0 Å². The minimum atomic E-state index is -0.212. The molecule has 1 aromatic rings. The van der Waals surface area contributed by atoms with Crippen molar-refractivity contribution in [3.8, 4) is 0 Å². The normalized spacial score (nSPS) is 18.0. The van der Waals surface area contributed by atoms with Crippen LogP contribution in [0, 0.1) is 0 Å². The van der Waals surface area contributed by atoms with Gasteiger partial charge in [0.05, 0.1) is 12.7 Å². The maximum Gasteiger partial charge on any atom is 0.286 e. The first-order chi connectivity index (χ1) is 10.3. The molecule has 0 radical (unpaired) electrons. The van der Waals surface area contributed by atoms with Gasteiger partial charge in [-0.3, -0.25) is 4.79 Å². The monoisotopic (exact) mass is 297 g/mol. The van der Waals surface area contributed by atoms with E-state index in [0.717, 1.165) is 25.9 Å². The third kappa shape index (κ3) is 5.49. The van der Waals surface area contributed by atoms with Gasteiger partial charge in [0.15, 0.2) is 5.76 Å². The van der Waals surface area contributed by atoms with Gasteiger partial charge in [-0.2, -0.15) is 0 Å². The highest BCUT2D eigenvalue weighted by molar-refractivity contribution is 5.91. The highest BCUT2D eigenvalue weighted by Gasteiger charge is 2.15. The summed E-state index contributed by atoms with van der Waals surface area (Å²) in [6.07, 6.45) is 3.23. The Balaban J connectivity index is 1.54. The summed E-state index contributed by atoms with van der Waals surface area (Å²) in [4.78, 5) is 11.8. The minimum Gasteiger partial charge on any atom is -0.453 e. The number of ether oxygens (including phenoxy) is 3. The fraction of sp³-hybridized carbons (Fsp3) is 0.667. The predicted molar refractivity (Wildman–Crippen MR) is 76.2 cm³/mol. The molecule has 6 nitrogen and oxygen atoms in total. The number of rotatable bonds is 9. The molecule has 0 bridgehead atoms. The lowest BCUT2D eigenvalue weighted by atomic mass is 10.2. The molecule has 1 aliphatic heterocycles. The van der Waals surface area contributed by atoms with Crippen molar-refractivity contribution in [3.63, 3.8) is 0 Å². The van der Waals surface area contributed by atoms with E-state index in [2.05, 4.69) is 5.32 Å². The van der Waals surface area contributed by atoms with Crippen molar-refractivity contribution >= 4 is 5.91 Å². The largest absolute Gasteiger partial charge is 0.453 e. The summed E-state index contributed by atoms with van der Waals surface area (Å²) in [5.41, 5.74) is 0. The average Bonchev–Trinajstić information content (AvgIpc) is 3.14. The maximum absolute atomic E-state index is 11.8. The topological polar surface area (TPSA) is 69.9 Å².